The Kier molecular flexibility index (Phi) is 3.11. The van der Waals surface area contributed by atoms with Gasteiger partial charge in [-0.1, -0.05) is 0 Å². The first kappa shape index (κ1) is 10.3. The minimum absolute atomic E-state index is 0.259. The van der Waals surface area contributed by atoms with E-state index in [0.29, 0.717) is 13.0 Å². The second-order valence-corrected chi connectivity index (χ2v) is 3.75. The smallest absolute Gasteiger partial charge is 0.316 e. The van der Waals surface area contributed by atoms with Crippen LogP contribution < -0.4 is 4.74 Å². The minimum atomic E-state index is -0.965. The van der Waals surface area contributed by atoms with E-state index >= 15 is 0 Å². The average Bonchev–Trinajstić information content (AvgIpc) is 2.24. The van der Waals surface area contributed by atoms with Gasteiger partial charge in [-0.15, -0.1) is 0 Å². The molecule has 1 saturated heterocycles. The first-order chi connectivity index (χ1) is 7.25. The summed E-state index contributed by atoms with van der Waals surface area (Å²) in [5, 5.41) is 0. The van der Waals surface area contributed by atoms with Crippen molar-refractivity contribution in [1.29, 1.82) is 0 Å². The zero-order valence-electron chi connectivity index (χ0n) is 8.64. The molecule has 1 aromatic heterocycles. The van der Waals surface area contributed by atoms with Crippen LogP contribution in [0.3, 0.4) is 0 Å². The van der Waals surface area contributed by atoms with Gasteiger partial charge in [-0.25, -0.2) is 14.4 Å². The Labute approximate surface area is 88.1 Å². The van der Waals surface area contributed by atoms with Crippen LogP contribution in [0, 0.1) is 0 Å². The Bertz CT molecular complexity index is 309. The molecule has 0 spiro atoms. The molecule has 2 heterocycles. The number of rotatable bonds is 2. The molecule has 5 heteroatoms. The zero-order valence-corrected chi connectivity index (χ0v) is 8.64. The van der Waals surface area contributed by atoms with Crippen molar-refractivity contribution in [2.45, 2.75) is 18.7 Å². The van der Waals surface area contributed by atoms with E-state index in [0.717, 1.165) is 6.54 Å². The normalized spacial score (nSPS) is 27.6. The molecule has 0 aliphatic carbocycles. The molecule has 0 amide bonds. The number of aromatic nitrogens is 2. The van der Waals surface area contributed by atoms with Crippen molar-refractivity contribution in [1.82, 2.24) is 14.9 Å². The SMILES string of the molecule is CN1CC[C@H](Oc2ncccn2)[C@H](F)C1. The summed E-state index contributed by atoms with van der Waals surface area (Å²) < 4.78 is 19.0. The summed E-state index contributed by atoms with van der Waals surface area (Å²) in [7, 11) is 1.90. The van der Waals surface area contributed by atoms with Crippen LogP contribution in [0.4, 0.5) is 4.39 Å². The molecule has 1 aliphatic heterocycles. The highest BCUT2D eigenvalue weighted by atomic mass is 19.1. The van der Waals surface area contributed by atoms with E-state index in [1.807, 2.05) is 11.9 Å². The third kappa shape index (κ3) is 2.62. The summed E-state index contributed by atoms with van der Waals surface area (Å²) in [6.07, 6.45) is 2.47. The van der Waals surface area contributed by atoms with Gasteiger partial charge >= 0.3 is 6.01 Å². The average molecular weight is 211 g/mol. The van der Waals surface area contributed by atoms with Crippen molar-refractivity contribution in [2.75, 3.05) is 20.1 Å². The molecule has 4 nitrogen and oxygen atoms in total. The zero-order chi connectivity index (χ0) is 10.7. The fourth-order valence-electron chi connectivity index (χ4n) is 1.65. The van der Waals surface area contributed by atoms with Crippen LogP contribution >= 0.6 is 0 Å². The maximum Gasteiger partial charge on any atom is 0.316 e. The third-order valence-corrected chi connectivity index (χ3v) is 2.48. The number of ether oxygens (including phenoxy) is 1. The van der Waals surface area contributed by atoms with Crippen molar-refractivity contribution >= 4 is 0 Å². The second kappa shape index (κ2) is 4.53. The standard InChI is InChI=1S/C10H14FN3O/c1-14-6-3-9(8(11)7-14)15-10-12-4-2-5-13-10/h2,4-5,8-9H,3,6-7H2,1H3/t8-,9+/m1/s1. The molecule has 0 radical (unpaired) electrons. The summed E-state index contributed by atoms with van der Waals surface area (Å²) in [5.74, 6) is 0. The molecule has 15 heavy (non-hydrogen) atoms. The maximum atomic E-state index is 13.6. The fourth-order valence-corrected chi connectivity index (χ4v) is 1.65. The molecule has 2 rings (SSSR count). The molecule has 1 aliphatic rings. The predicted molar refractivity (Wildman–Crippen MR) is 53.5 cm³/mol. The van der Waals surface area contributed by atoms with Crippen molar-refractivity contribution in [3.63, 3.8) is 0 Å². The monoisotopic (exact) mass is 211 g/mol. The van der Waals surface area contributed by atoms with E-state index in [2.05, 4.69) is 9.97 Å². The lowest BCUT2D eigenvalue weighted by atomic mass is 10.1. The van der Waals surface area contributed by atoms with E-state index in [1.165, 1.54) is 0 Å². The highest BCUT2D eigenvalue weighted by molar-refractivity contribution is 4.96. The Balaban J connectivity index is 1.95. The Morgan fingerprint density at radius 2 is 2.20 bits per heavy atom. The van der Waals surface area contributed by atoms with Crippen molar-refractivity contribution in [3.05, 3.63) is 18.5 Å². The van der Waals surface area contributed by atoms with Gasteiger partial charge in [0.1, 0.15) is 12.3 Å². The number of hydrogen-bond donors (Lipinski definition) is 0. The van der Waals surface area contributed by atoms with Gasteiger partial charge in [-0.2, -0.15) is 0 Å². The molecule has 0 saturated carbocycles. The summed E-state index contributed by atoms with van der Waals surface area (Å²) in [5.41, 5.74) is 0. The fraction of sp³-hybridized carbons (Fsp3) is 0.600. The Morgan fingerprint density at radius 3 is 2.87 bits per heavy atom. The molecule has 1 aromatic rings. The summed E-state index contributed by atoms with van der Waals surface area (Å²) >= 11 is 0. The molecule has 0 unspecified atom stereocenters. The largest absolute Gasteiger partial charge is 0.457 e. The highest BCUT2D eigenvalue weighted by Gasteiger charge is 2.29. The van der Waals surface area contributed by atoms with Crippen LogP contribution in [-0.2, 0) is 0 Å². The van der Waals surface area contributed by atoms with Gasteiger partial charge in [0.15, 0.2) is 0 Å². The third-order valence-electron chi connectivity index (χ3n) is 2.48. The summed E-state index contributed by atoms with van der Waals surface area (Å²) in [6, 6.07) is 1.96. The molecule has 2 atom stereocenters. The number of piperidine rings is 1. The molecular weight excluding hydrogens is 197 g/mol. The van der Waals surface area contributed by atoms with Crippen molar-refractivity contribution < 1.29 is 9.13 Å². The quantitative estimate of drug-likeness (QED) is 0.728. The van der Waals surface area contributed by atoms with Gasteiger partial charge < -0.3 is 9.64 Å². The van der Waals surface area contributed by atoms with Crippen LogP contribution in [0.1, 0.15) is 6.42 Å². The van der Waals surface area contributed by atoms with Gasteiger partial charge in [-0.3, -0.25) is 0 Å². The van der Waals surface area contributed by atoms with Crippen LogP contribution in [0.5, 0.6) is 6.01 Å². The van der Waals surface area contributed by atoms with Gasteiger partial charge in [0.25, 0.3) is 0 Å². The van der Waals surface area contributed by atoms with Gasteiger partial charge in [0.05, 0.1) is 0 Å². The lowest BCUT2D eigenvalue weighted by molar-refractivity contribution is 0.0257. The van der Waals surface area contributed by atoms with E-state index in [4.69, 9.17) is 4.74 Å². The predicted octanol–water partition coefficient (Wildman–Crippen LogP) is 0.898. The lowest BCUT2D eigenvalue weighted by Gasteiger charge is -2.31. The maximum absolute atomic E-state index is 13.6. The van der Waals surface area contributed by atoms with Crippen LogP contribution in [0.15, 0.2) is 18.5 Å². The van der Waals surface area contributed by atoms with Crippen LogP contribution in [0.2, 0.25) is 0 Å². The van der Waals surface area contributed by atoms with E-state index < -0.39 is 12.3 Å². The number of likely N-dealkylation sites (tertiary alicyclic amines) is 1. The van der Waals surface area contributed by atoms with Crippen molar-refractivity contribution in [3.8, 4) is 6.01 Å². The molecule has 1 fully saturated rings. The van der Waals surface area contributed by atoms with Crippen LogP contribution in [-0.4, -0.2) is 47.3 Å². The number of alkyl halides is 1. The molecule has 82 valence electrons. The Hall–Kier alpha value is -1.23. The lowest BCUT2D eigenvalue weighted by Crippen LogP contribution is -2.45. The van der Waals surface area contributed by atoms with Gasteiger partial charge in [0, 0.05) is 31.9 Å². The first-order valence-electron chi connectivity index (χ1n) is 5.02. The summed E-state index contributed by atoms with van der Waals surface area (Å²) in [6.45, 7) is 1.26. The van der Waals surface area contributed by atoms with Gasteiger partial charge in [0.2, 0.25) is 0 Å². The number of hydrogen-bond acceptors (Lipinski definition) is 4. The van der Waals surface area contributed by atoms with E-state index in [9.17, 15) is 4.39 Å². The number of nitrogens with zero attached hydrogens (tertiary/aromatic N) is 3. The number of halogens is 1. The van der Waals surface area contributed by atoms with Crippen LogP contribution in [0.25, 0.3) is 0 Å². The summed E-state index contributed by atoms with van der Waals surface area (Å²) in [4.78, 5) is 9.78. The Morgan fingerprint density at radius 1 is 1.47 bits per heavy atom. The molecule has 0 N–H and O–H groups in total. The second-order valence-electron chi connectivity index (χ2n) is 3.75. The highest BCUT2D eigenvalue weighted by Crippen LogP contribution is 2.17. The molecular formula is C10H14FN3O. The molecule has 0 aromatic carbocycles. The van der Waals surface area contributed by atoms with Crippen molar-refractivity contribution in [2.24, 2.45) is 0 Å². The van der Waals surface area contributed by atoms with Gasteiger partial charge in [-0.05, 0) is 13.1 Å². The van der Waals surface area contributed by atoms with E-state index in [1.54, 1.807) is 18.5 Å². The first-order valence-corrected chi connectivity index (χ1v) is 5.02. The minimum Gasteiger partial charge on any atom is -0.457 e. The topological polar surface area (TPSA) is 38.2 Å². The van der Waals surface area contributed by atoms with E-state index in [-0.39, 0.29) is 6.01 Å². The molecule has 0 bridgehead atoms.